The summed E-state index contributed by atoms with van der Waals surface area (Å²) in [5, 5.41) is 14.7. The Balaban J connectivity index is 2.41. The molecule has 2 aromatic rings. The lowest BCUT2D eigenvalue weighted by molar-refractivity contribution is 0.297. The molecule has 1 heterocycles. The van der Waals surface area contributed by atoms with Crippen LogP contribution in [0, 0.1) is 0 Å². The minimum absolute atomic E-state index is 0.0656. The number of hydrogen-bond acceptors (Lipinski definition) is 3. The highest BCUT2D eigenvalue weighted by Crippen LogP contribution is 2.32. The lowest BCUT2D eigenvalue weighted by Crippen LogP contribution is -2.01. The van der Waals surface area contributed by atoms with Gasteiger partial charge in [-0.2, -0.15) is 5.10 Å². The van der Waals surface area contributed by atoms with E-state index in [4.69, 9.17) is 33.0 Å². The van der Waals surface area contributed by atoms with Crippen LogP contribution in [0.1, 0.15) is 25.1 Å². The van der Waals surface area contributed by atoms with Crippen LogP contribution in [0.3, 0.4) is 0 Å². The van der Waals surface area contributed by atoms with Crippen LogP contribution in [0.4, 0.5) is 0 Å². The van der Waals surface area contributed by atoms with Crippen LogP contribution in [0.2, 0.25) is 10.0 Å². The SMILES string of the molecule is CCc1c(CCO)nn(CC)c1Oc1cc(Cl)cc(Cl)c1. The summed E-state index contributed by atoms with van der Waals surface area (Å²) >= 11 is 12.0. The highest BCUT2D eigenvalue weighted by Gasteiger charge is 2.17. The summed E-state index contributed by atoms with van der Waals surface area (Å²) in [6, 6.07) is 5.09. The van der Waals surface area contributed by atoms with Crippen LogP contribution in [0.25, 0.3) is 0 Å². The quantitative estimate of drug-likeness (QED) is 0.868. The van der Waals surface area contributed by atoms with E-state index in [9.17, 15) is 0 Å². The molecule has 1 aromatic carbocycles. The van der Waals surface area contributed by atoms with Crippen molar-refractivity contribution in [2.45, 2.75) is 33.2 Å². The number of benzene rings is 1. The summed E-state index contributed by atoms with van der Waals surface area (Å²) in [6.45, 7) is 4.78. The first kappa shape index (κ1) is 16.1. The van der Waals surface area contributed by atoms with E-state index >= 15 is 0 Å². The lowest BCUT2D eigenvalue weighted by atomic mass is 10.1. The largest absolute Gasteiger partial charge is 0.439 e. The number of nitrogens with zero attached hydrogens (tertiary/aromatic N) is 2. The lowest BCUT2D eigenvalue weighted by Gasteiger charge is -2.10. The minimum Gasteiger partial charge on any atom is -0.439 e. The molecule has 6 heteroatoms. The maximum atomic E-state index is 9.15. The molecule has 114 valence electrons. The zero-order valence-electron chi connectivity index (χ0n) is 12.1. The summed E-state index contributed by atoms with van der Waals surface area (Å²) in [7, 11) is 0. The van der Waals surface area contributed by atoms with Gasteiger partial charge in [0.15, 0.2) is 0 Å². The molecule has 0 saturated carbocycles. The molecule has 0 radical (unpaired) electrons. The van der Waals surface area contributed by atoms with E-state index in [0.29, 0.717) is 34.6 Å². The Morgan fingerprint density at radius 2 is 1.86 bits per heavy atom. The first-order valence-electron chi connectivity index (χ1n) is 6.92. The van der Waals surface area contributed by atoms with Crippen LogP contribution < -0.4 is 4.74 Å². The second-order valence-corrected chi connectivity index (χ2v) is 5.45. The first-order valence-corrected chi connectivity index (χ1v) is 7.68. The molecule has 0 aliphatic carbocycles. The molecule has 0 amide bonds. The van der Waals surface area contributed by atoms with E-state index in [1.165, 1.54) is 0 Å². The molecule has 0 unspecified atom stereocenters. The van der Waals surface area contributed by atoms with Gasteiger partial charge in [-0.3, -0.25) is 0 Å². The van der Waals surface area contributed by atoms with Gasteiger partial charge in [-0.1, -0.05) is 30.1 Å². The molecule has 0 fully saturated rings. The maximum Gasteiger partial charge on any atom is 0.221 e. The number of ether oxygens (including phenoxy) is 1. The number of halogens is 2. The average Bonchev–Trinajstić information content (AvgIpc) is 2.75. The van der Waals surface area contributed by atoms with Crippen molar-refractivity contribution in [3.05, 3.63) is 39.5 Å². The molecular formula is C15H18Cl2N2O2. The van der Waals surface area contributed by atoms with E-state index in [1.807, 2.05) is 13.8 Å². The van der Waals surface area contributed by atoms with E-state index in [1.54, 1.807) is 22.9 Å². The molecule has 0 aliphatic rings. The number of aryl methyl sites for hydroxylation is 1. The highest BCUT2D eigenvalue weighted by molar-refractivity contribution is 6.34. The second kappa shape index (κ2) is 7.16. The van der Waals surface area contributed by atoms with Crippen LogP contribution in [-0.4, -0.2) is 21.5 Å². The molecule has 2 rings (SSSR count). The van der Waals surface area contributed by atoms with Gasteiger partial charge in [0.2, 0.25) is 5.88 Å². The van der Waals surface area contributed by atoms with Crippen molar-refractivity contribution in [3.63, 3.8) is 0 Å². The molecule has 0 aliphatic heterocycles. The standard InChI is InChI=1S/C15H18Cl2N2O2/c1-3-13-14(5-6-20)18-19(4-2)15(13)21-12-8-10(16)7-11(17)9-12/h7-9,20H,3-6H2,1-2H3. The fourth-order valence-electron chi connectivity index (χ4n) is 2.22. The minimum atomic E-state index is 0.0656. The predicted molar refractivity (Wildman–Crippen MR) is 84.6 cm³/mol. The zero-order valence-corrected chi connectivity index (χ0v) is 13.6. The van der Waals surface area contributed by atoms with Crippen molar-refractivity contribution in [2.24, 2.45) is 0 Å². The van der Waals surface area contributed by atoms with Crippen molar-refractivity contribution in [1.82, 2.24) is 9.78 Å². The number of aliphatic hydroxyl groups excluding tert-OH is 1. The Kier molecular flexibility index (Phi) is 5.51. The molecule has 21 heavy (non-hydrogen) atoms. The summed E-state index contributed by atoms with van der Waals surface area (Å²) < 4.78 is 7.75. The summed E-state index contributed by atoms with van der Waals surface area (Å²) in [5.74, 6) is 1.26. The van der Waals surface area contributed by atoms with Gasteiger partial charge in [0, 0.05) is 35.2 Å². The normalized spacial score (nSPS) is 10.9. The van der Waals surface area contributed by atoms with Crippen molar-refractivity contribution in [3.8, 4) is 11.6 Å². The van der Waals surface area contributed by atoms with Crippen LogP contribution in [0.15, 0.2) is 18.2 Å². The maximum absolute atomic E-state index is 9.15. The highest BCUT2D eigenvalue weighted by atomic mass is 35.5. The van der Waals surface area contributed by atoms with Crippen LogP contribution in [-0.2, 0) is 19.4 Å². The molecular weight excluding hydrogens is 311 g/mol. The molecule has 0 saturated heterocycles. The molecule has 1 N–H and O–H groups in total. The predicted octanol–water partition coefficient (Wildman–Crippen LogP) is 4.10. The summed E-state index contributed by atoms with van der Waals surface area (Å²) in [6.07, 6.45) is 1.29. The third-order valence-corrected chi connectivity index (χ3v) is 3.57. The summed E-state index contributed by atoms with van der Waals surface area (Å²) in [5.41, 5.74) is 1.87. The Bertz CT molecular complexity index is 606. The third-order valence-electron chi connectivity index (χ3n) is 3.13. The Labute approximate surface area is 134 Å². The van der Waals surface area contributed by atoms with Crippen molar-refractivity contribution < 1.29 is 9.84 Å². The van der Waals surface area contributed by atoms with Gasteiger partial charge in [-0.15, -0.1) is 0 Å². The number of hydrogen-bond donors (Lipinski definition) is 1. The van der Waals surface area contributed by atoms with E-state index in [0.717, 1.165) is 17.7 Å². The fraction of sp³-hybridized carbons (Fsp3) is 0.400. The number of rotatable bonds is 6. The Hall–Kier alpha value is -1.23. The van der Waals surface area contributed by atoms with E-state index in [-0.39, 0.29) is 6.61 Å². The monoisotopic (exact) mass is 328 g/mol. The molecule has 4 nitrogen and oxygen atoms in total. The van der Waals surface area contributed by atoms with Crippen molar-refractivity contribution in [2.75, 3.05) is 6.61 Å². The molecule has 1 aromatic heterocycles. The Morgan fingerprint density at radius 3 is 2.38 bits per heavy atom. The van der Waals surface area contributed by atoms with Crippen LogP contribution >= 0.6 is 23.2 Å². The van der Waals surface area contributed by atoms with Gasteiger partial charge in [0.25, 0.3) is 0 Å². The van der Waals surface area contributed by atoms with Gasteiger partial charge in [-0.25, -0.2) is 4.68 Å². The van der Waals surface area contributed by atoms with Gasteiger partial charge < -0.3 is 9.84 Å². The smallest absolute Gasteiger partial charge is 0.221 e. The molecule has 0 spiro atoms. The van der Waals surface area contributed by atoms with Gasteiger partial charge in [-0.05, 0) is 31.5 Å². The topological polar surface area (TPSA) is 47.3 Å². The average molecular weight is 329 g/mol. The number of aliphatic hydroxyl groups is 1. The van der Waals surface area contributed by atoms with Crippen LogP contribution in [0.5, 0.6) is 11.6 Å². The van der Waals surface area contributed by atoms with Gasteiger partial charge >= 0.3 is 0 Å². The Morgan fingerprint density at radius 1 is 1.19 bits per heavy atom. The molecule has 0 bridgehead atoms. The summed E-state index contributed by atoms with van der Waals surface area (Å²) in [4.78, 5) is 0. The van der Waals surface area contributed by atoms with E-state index < -0.39 is 0 Å². The first-order chi connectivity index (χ1) is 10.1. The van der Waals surface area contributed by atoms with Crippen molar-refractivity contribution in [1.29, 1.82) is 0 Å². The zero-order chi connectivity index (χ0) is 15.4. The van der Waals surface area contributed by atoms with Gasteiger partial charge in [0.05, 0.1) is 5.69 Å². The number of aromatic nitrogens is 2. The molecule has 0 atom stereocenters. The second-order valence-electron chi connectivity index (χ2n) is 4.58. The third kappa shape index (κ3) is 3.70. The van der Waals surface area contributed by atoms with E-state index in [2.05, 4.69) is 5.10 Å². The van der Waals surface area contributed by atoms with Gasteiger partial charge in [0.1, 0.15) is 5.75 Å². The van der Waals surface area contributed by atoms with Crippen molar-refractivity contribution >= 4 is 23.2 Å². The fourth-order valence-corrected chi connectivity index (χ4v) is 2.73.